The van der Waals surface area contributed by atoms with Crippen molar-refractivity contribution < 1.29 is 9.59 Å². The lowest BCUT2D eigenvalue weighted by atomic mass is 9.95. The Morgan fingerprint density at radius 2 is 1.90 bits per heavy atom. The van der Waals surface area contributed by atoms with Crippen LogP contribution in [0.25, 0.3) is 0 Å². The SMILES string of the molecule is CC(=O)c1ccc(NC(=O)CSc2nnc(Cc3cccs3)n2C2CCCCC2)cc1. The van der Waals surface area contributed by atoms with Gasteiger partial charge in [-0.3, -0.25) is 9.59 Å². The van der Waals surface area contributed by atoms with Crippen molar-refractivity contribution in [1.82, 2.24) is 14.8 Å². The molecule has 8 heteroatoms. The van der Waals surface area contributed by atoms with Crippen LogP contribution in [0.5, 0.6) is 0 Å². The summed E-state index contributed by atoms with van der Waals surface area (Å²) in [5.74, 6) is 1.16. The molecular weight excluding hydrogens is 428 g/mol. The Kier molecular flexibility index (Phi) is 7.19. The van der Waals surface area contributed by atoms with E-state index < -0.39 is 0 Å². The van der Waals surface area contributed by atoms with Crippen LogP contribution in [0.15, 0.2) is 46.9 Å². The number of nitrogens with zero attached hydrogens (tertiary/aromatic N) is 3. The number of hydrogen-bond acceptors (Lipinski definition) is 6. The van der Waals surface area contributed by atoms with Gasteiger partial charge in [0.05, 0.1) is 5.75 Å². The van der Waals surface area contributed by atoms with E-state index in [9.17, 15) is 9.59 Å². The van der Waals surface area contributed by atoms with Crippen molar-refractivity contribution in [1.29, 1.82) is 0 Å². The third-order valence-electron chi connectivity index (χ3n) is 5.49. The fourth-order valence-corrected chi connectivity index (χ4v) is 5.44. The smallest absolute Gasteiger partial charge is 0.234 e. The van der Waals surface area contributed by atoms with E-state index in [4.69, 9.17) is 0 Å². The second-order valence-electron chi connectivity index (χ2n) is 7.79. The van der Waals surface area contributed by atoms with E-state index in [0.29, 0.717) is 17.3 Å². The largest absolute Gasteiger partial charge is 0.325 e. The van der Waals surface area contributed by atoms with Crippen LogP contribution < -0.4 is 5.32 Å². The number of anilines is 1. The molecule has 0 unspecified atom stereocenters. The Balaban J connectivity index is 1.43. The molecule has 0 spiro atoms. The second kappa shape index (κ2) is 10.2. The zero-order valence-corrected chi connectivity index (χ0v) is 19.2. The molecule has 162 valence electrons. The number of carbonyl (C=O) groups excluding carboxylic acids is 2. The molecule has 2 aromatic heterocycles. The summed E-state index contributed by atoms with van der Waals surface area (Å²) in [5, 5.41) is 14.7. The minimum atomic E-state index is -0.0985. The van der Waals surface area contributed by atoms with Crippen molar-refractivity contribution >= 4 is 40.5 Å². The zero-order chi connectivity index (χ0) is 21.6. The lowest BCUT2D eigenvalue weighted by Gasteiger charge is -2.25. The first-order valence-electron chi connectivity index (χ1n) is 10.6. The van der Waals surface area contributed by atoms with Crippen LogP contribution in [0.4, 0.5) is 5.69 Å². The monoisotopic (exact) mass is 454 g/mol. The summed E-state index contributed by atoms with van der Waals surface area (Å²) < 4.78 is 2.28. The first kappa shape index (κ1) is 21.8. The quantitative estimate of drug-likeness (QED) is 0.366. The molecule has 0 radical (unpaired) electrons. The number of aromatic nitrogens is 3. The molecule has 0 saturated heterocycles. The molecule has 0 bridgehead atoms. The number of thiophene rings is 1. The van der Waals surface area contributed by atoms with Gasteiger partial charge < -0.3 is 9.88 Å². The molecule has 0 aliphatic heterocycles. The molecule has 1 aliphatic carbocycles. The molecule has 1 fully saturated rings. The molecule has 4 rings (SSSR count). The van der Waals surface area contributed by atoms with Gasteiger partial charge in [0.15, 0.2) is 10.9 Å². The van der Waals surface area contributed by atoms with Crippen LogP contribution in [-0.4, -0.2) is 32.2 Å². The van der Waals surface area contributed by atoms with E-state index in [1.807, 2.05) is 0 Å². The number of benzene rings is 1. The van der Waals surface area contributed by atoms with E-state index in [-0.39, 0.29) is 17.4 Å². The number of Topliss-reactive ketones (excluding diaryl/α,β-unsaturated/α-hetero) is 1. The van der Waals surface area contributed by atoms with E-state index in [0.717, 1.165) is 30.2 Å². The van der Waals surface area contributed by atoms with Crippen molar-refractivity contribution in [2.45, 2.75) is 56.6 Å². The fourth-order valence-electron chi connectivity index (χ4n) is 3.92. The highest BCUT2D eigenvalue weighted by Crippen LogP contribution is 2.33. The predicted octanol–water partition coefficient (Wildman–Crippen LogP) is 5.37. The van der Waals surface area contributed by atoms with Gasteiger partial charge in [-0.25, -0.2) is 0 Å². The number of rotatable bonds is 8. The summed E-state index contributed by atoms with van der Waals surface area (Å²) in [4.78, 5) is 25.2. The van der Waals surface area contributed by atoms with Gasteiger partial charge >= 0.3 is 0 Å². The summed E-state index contributed by atoms with van der Waals surface area (Å²) in [6, 6.07) is 11.5. The highest BCUT2D eigenvalue weighted by molar-refractivity contribution is 7.99. The average Bonchev–Trinajstić information content (AvgIpc) is 3.43. The molecule has 1 aromatic carbocycles. The number of hydrogen-bond donors (Lipinski definition) is 1. The molecule has 3 aromatic rings. The van der Waals surface area contributed by atoms with Crippen molar-refractivity contribution in [3.05, 3.63) is 58.0 Å². The van der Waals surface area contributed by atoms with Gasteiger partial charge in [0, 0.05) is 28.6 Å². The van der Waals surface area contributed by atoms with Crippen LogP contribution in [0.2, 0.25) is 0 Å². The number of amides is 1. The van der Waals surface area contributed by atoms with Gasteiger partial charge in [-0.1, -0.05) is 37.1 Å². The number of ketones is 1. The van der Waals surface area contributed by atoms with Crippen LogP contribution in [0, 0.1) is 0 Å². The van der Waals surface area contributed by atoms with E-state index in [1.165, 1.54) is 42.8 Å². The third-order valence-corrected chi connectivity index (χ3v) is 7.31. The maximum Gasteiger partial charge on any atom is 0.234 e. The molecule has 2 heterocycles. The highest BCUT2D eigenvalue weighted by Gasteiger charge is 2.23. The van der Waals surface area contributed by atoms with Gasteiger partial charge in [-0.2, -0.15) is 0 Å². The van der Waals surface area contributed by atoms with Crippen molar-refractivity contribution in [2.75, 3.05) is 11.1 Å². The lowest BCUT2D eigenvalue weighted by Crippen LogP contribution is -2.18. The average molecular weight is 455 g/mol. The second-order valence-corrected chi connectivity index (χ2v) is 9.76. The Morgan fingerprint density at radius 1 is 1.13 bits per heavy atom. The molecule has 1 saturated carbocycles. The summed E-state index contributed by atoms with van der Waals surface area (Å²) >= 11 is 3.17. The molecule has 0 atom stereocenters. The highest BCUT2D eigenvalue weighted by atomic mass is 32.2. The Bertz CT molecular complexity index is 1020. The summed E-state index contributed by atoms with van der Waals surface area (Å²) in [7, 11) is 0. The van der Waals surface area contributed by atoms with Crippen molar-refractivity contribution in [3.8, 4) is 0 Å². The van der Waals surface area contributed by atoms with Crippen LogP contribution >= 0.6 is 23.1 Å². The number of carbonyl (C=O) groups is 2. The van der Waals surface area contributed by atoms with E-state index in [2.05, 4.69) is 37.6 Å². The van der Waals surface area contributed by atoms with Gasteiger partial charge in [0.1, 0.15) is 5.82 Å². The topological polar surface area (TPSA) is 76.9 Å². The van der Waals surface area contributed by atoms with Crippen LogP contribution in [0.3, 0.4) is 0 Å². The molecule has 1 aliphatic rings. The van der Waals surface area contributed by atoms with E-state index >= 15 is 0 Å². The molecular formula is C23H26N4O2S2. The lowest BCUT2D eigenvalue weighted by molar-refractivity contribution is -0.113. The molecule has 1 N–H and O–H groups in total. The maximum atomic E-state index is 12.5. The molecule has 31 heavy (non-hydrogen) atoms. The van der Waals surface area contributed by atoms with Gasteiger partial charge in [-0.15, -0.1) is 21.5 Å². The van der Waals surface area contributed by atoms with Crippen molar-refractivity contribution in [3.63, 3.8) is 0 Å². The van der Waals surface area contributed by atoms with Crippen LogP contribution in [0.1, 0.15) is 66.1 Å². The van der Waals surface area contributed by atoms with E-state index in [1.54, 1.807) is 35.6 Å². The van der Waals surface area contributed by atoms with Gasteiger partial charge in [-0.05, 0) is 55.5 Å². The molecule has 6 nitrogen and oxygen atoms in total. The normalized spacial score (nSPS) is 14.5. The van der Waals surface area contributed by atoms with Gasteiger partial charge in [0.2, 0.25) is 5.91 Å². The minimum Gasteiger partial charge on any atom is -0.325 e. The zero-order valence-electron chi connectivity index (χ0n) is 17.5. The number of nitrogens with one attached hydrogen (secondary N) is 1. The molecule has 1 amide bonds. The minimum absolute atomic E-state index is 0.00818. The summed E-state index contributed by atoms with van der Waals surface area (Å²) in [6.07, 6.45) is 6.78. The maximum absolute atomic E-state index is 12.5. The Hall–Kier alpha value is -2.45. The predicted molar refractivity (Wildman–Crippen MR) is 125 cm³/mol. The Morgan fingerprint density at radius 3 is 2.58 bits per heavy atom. The standard InChI is InChI=1S/C23H26N4O2S2/c1-16(28)17-9-11-18(12-10-17)24-22(29)15-31-23-26-25-21(14-20-8-5-13-30-20)27(23)19-6-3-2-4-7-19/h5,8-13,19H,2-4,6-7,14-15H2,1H3,(H,24,29). The van der Waals surface area contributed by atoms with Crippen LogP contribution in [-0.2, 0) is 11.2 Å². The summed E-state index contributed by atoms with van der Waals surface area (Å²) in [6.45, 7) is 1.53. The number of thioether (sulfide) groups is 1. The van der Waals surface area contributed by atoms with Gasteiger partial charge in [0.25, 0.3) is 0 Å². The Labute approximate surface area is 190 Å². The third kappa shape index (κ3) is 5.62. The van der Waals surface area contributed by atoms with Crippen molar-refractivity contribution in [2.24, 2.45) is 0 Å². The first-order valence-corrected chi connectivity index (χ1v) is 12.5. The summed E-state index contributed by atoms with van der Waals surface area (Å²) in [5.41, 5.74) is 1.31. The first-order chi connectivity index (χ1) is 15.1. The fraction of sp³-hybridized carbons (Fsp3) is 0.391.